The molecule has 5 heteroatoms. The average Bonchev–Trinajstić information content (AvgIpc) is 2.72. The summed E-state index contributed by atoms with van der Waals surface area (Å²) in [6.45, 7) is 0. The number of halogens is 2. The van der Waals surface area contributed by atoms with Crippen molar-refractivity contribution in [1.29, 1.82) is 0 Å². The molecule has 0 saturated carbocycles. The van der Waals surface area contributed by atoms with E-state index in [1.54, 1.807) is 24.4 Å². The Balaban J connectivity index is 2.11. The van der Waals surface area contributed by atoms with E-state index in [-0.39, 0.29) is 5.78 Å². The smallest absolute Gasteiger partial charge is 0.166 e. The molecular formula is C13H12Cl2N2O. The van der Waals surface area contributed by atoms with Crippen LogP contribution in [0.15, 0.2) is 30.6 Å². The van der Waals surface area contributed by atoms with Gasteiger partial charge < -0.3 is 4.57 Å². The van der Waals surface area contributed by atoms with Crippen LogP contribution in [-0.2, 0) is 13.5 Å². The predicted octanol–water partition coefficient (Wildman–Crippen LogP) is 3.54. The van der Waals surface area contributed by atoms with Crippen molar-refractivity contribution >= 4 is 29.0 Å². The Morgan fingerprint density at radius 2 is 2.00 bits per heavy atom. The van der Waals surface area contributed by atoms with Crippen LogP contribution in [-0.4, -0.2) is 15.3 Å². The highest BCUT2D eigenvalue weighted by atomic mass is 35.5. The van der Waals surface area contributed by atoms with Gasteiger partial charge >= 0.3 is 0 Å². The molecule has 3 nitrogen and oxygen atoms in total. The number of carbonyl (C=O) groups excluding carboxylic acids is 1. The summed E-state index contributed by atoms with van der Waals surface area (Å²) in [7, 11) is 1.90. The average molecular weight is 283 g/mol. The number of nitrogens with zero attached hydrogens (tertiary/aromatic N) is 2. The largest absolute Gasteiger partial charge is 0.338 e. The number of Topliss-reactive ketones (excluding diaryl/α,β-unsaturated/α-hetero) is 1. The molecule has 0 atom stereocenters. The number of aryl methyl sites for hydroxylation is 2. The van der Waals surface area contributed by atoms with Gasteiger partial charge in [0.1, 0.15) is 5.82 Å². The van der Waals surface area contributed by atoms with Crippen molar-refractivity contribution < 1.29 is 4.79 Å². The number of ketones is 1. The van der Waals surface area contributed by atoms with E-state index in [1.807, 2.05) is 17.8 Å². The Morgan fingerprint density at radius 3 is 2.56 bits per heavy atom. The summed E-state index contributed by atoms with van der Waals surface area (Å²) in [5.41, 5.74) is 0.398. The molecule has 1 aromatic carbocycles. The molecule has 0 spiro atoms. The summed E-state index contributed by atoms with van der Waals surface area (Å²) < 4.78 is 1.89. The minimum atomic E-state index is -0.0615. The van der Waals surface area contributed by atoms with Crippen LogP contribution in [0.1, 0.15) is 22.6 Å². The fourth-order valence-electron chi connectivity index (χ4n) is 1.75. The normalized spacial score (nSPS) is 10.6. The van der Waals surface area contributed by atoms with Gasteiger partial charge in [-0.3, -0.25) is 4.79 Å². The summed E-state index contributed by atoms with van der Waals surface area (Å²) in [4.78, 5) is 16.3. The van der Waals surface area contributed by atoms with Crippen LogP contribution in [0.4, 0.5) is 0 Å². The zero-order chi connectivity index (χ0) is 13.1. The summed E-state index contributed by atoms with van der Waals surface area (Å²) in [5, 5.41) is 0.791. The fourth-order valence-corrected chi connectivity index (χ4v) is 2.36. The standard InChI is InChI=1S/C13H12Cl2N2O/c1-17-8-7-16-12(17)6-5-11(18)13-9(14)3-2-4-10(13)15/h2-4,7-8H,5-6H2,1H3. The lowest BCUT2D eigenvalue weighted by Crippen LogP contribution is -2.06. The van der Waals surface area contributed by atoms with E-state index in [0.29, 0.717) is 28.5 Å². The summed E-state index contributed by atoms with van der Waals surface area (Å²) in [5.74, 6) is 0.806. The first-order valence-electron chi connectivity index (χ1n) is 5.53. The van der Waals surface area contributed by atoms with E-state index in [1.165, 1.54) is 0 Å². The lowest BCUT2D eigenvalue weighted by Gasteiger charge is -2.06. The van der Waals surface area contributed by atoms with Crippen LogP contribution in [0.2, 0.25) is 10.0 Å². The molecule has 1 heterocycles. The first-order valence-corrected chi connectivity index (χ1v) is 6.28. The molecule has 0 bridgehead atoms. The number of rotatable bonds is 4. The SMILES string of the molecule is Cn1ccnc1CCC(=O)c1c(Cl)cccc1Cl. The maximum absolute atomic E-state index is 12.1. The quantitative estimate of drug-likeness (QED) is 0.804. The van der Waals surface area contributed by atoms with Crippen molar-refractivity contribution in [2.75, 3.05) is 0 Å². The Kier molecular flexibility index (Phi) is 4.04. The van der Waals surface area contributed by atoms with Gasteiger partial charge in [0, 0.05) is 32.3 Å². The minimum absolute atomic E-state index is 0.0615. The number of benzene rings is 1. The molecule has 0 aliphatic carbocycles. The third-order valence-electron chi connectivity index (χ3n) is 2.74. The predicted molar refractivity (Wildman–Crippen MR) is 72.3 cm³/mol. The molecule has 2 rings (SSSR count). The first-order chi connectivity index (χ1) is 8.59. The topological polar surface area (TPSA) is 34.9 Å². The van der Waals surface area contributed by atoms with Gasteiger partial charge in [-0.05, 0) is 12.1 Å². The third-order valence-corrected chi connectivity index (χ3v) is 3.37. The van der Waals surface area contributed by atoms with Crippen molar-refractivity contribution in [3.8, 4) is 0 Å². The minimum Gasteiger partial charge on any atom is -0.338 e. The van der Waals surface area contributed by atoms with Crippen molar-refractivity contribution in [3.63, 3.8) is 0 Å². The summed E-state index contributed by atoms with van der Waals surface area (Å²) in [6.07, 6.45) is 4.47. The van der Waals surface area contributed by atoms with Crippen LogP contribution in [0, 0.1) is 0 Å². The molecule has 0 unspecified atom stereocenters. The van der Waals surface area contributed by atoms with Gasteiger partial charge in [-0.1, -0.05) is 29.3 Å². The second kappa shape index (κ2) is 5.55. The molecule has 0 aliphatic heterocycles. The molecule has 0 fully saturated rings. The van der Waals surface area contributed by atoms with E-state index in [4.69, 9.17) is 23.2 Å². The lowest BCUT2D eigenvalue weighted by molar-refractivity contribution is 0.0982. The van der Waals surface area contributed by atoms with Crippen molar-refractivity contribution in [3.05, 3.63) is 52.0 Å². The van der Waals surface area contributed by atoms with E-state index in [2.05, 4.69) is 4.98 Å². The molecule has 94 valence electrons. The van der Waals surface area contributed by atoms with Crippen LogP contribution < -0.4 is 0 Å². The van der Waals surface area contributed by atoms with Crippen LogP contribution >= 0.6 is 23.2 Å². The van der Waals surface area contributed by atoms with Gasteiger partial charge in [-0.25, -0.2) is 4.98 Å². The summed E-state index contributed by atoms with van der Waals surface area (Å²) >= 11 is 12.0. The number of carbonyl (C=O) groups is 1. The maximum atomic E-state index is 12.1. The van der Waals surface area contributed by atoms with Crippen molar-refractivity contribution in [2.24, 2.45) is 7.05 Å². The van der Waals surface area contributed by atoms with E-state index in [9.17, 15) is 4.79 Å². The van der Waals surface area contributed by atoms with Gasteiger partial charge in [-0.2, -0.15) is 0 Å². The molecule has 0 amide bonds. The Hall–Kier alpha value is -1.32. The number of hydrogen-bond donors (Lipinski definition) is 0. The second-order valence-corrected chi connectivity index (χ2v) is 4.79. The summed E-state index contributed by atoms with van der Waals surface area (Å²) in [6, 6.07) is 5.06. The van der Waals surface area contributed by atoms with Crippen LogP contribution in [0.3, 0.4) is 0 Å². The van der Waals surface area contributed by atoms with Gasteiger partial charge in [0.25, 0.3) is 0 Å². The van der Waals surface area contributed by atoms with Crippen LogP contribution in [0.5, 0.6) is 0 Å². The molecule has 1 aromatic heterocycles. The Bertz CT molecular complexity index is 558. The first kappa shape index (κ1) is 13.1. The van der Waals surface area contributed by atoms with E-state index < -0.39 is 0 Å². The highest BCUT2D eigenvalue weighted by Crippen LogP contribution is 2.25. The van der Waals surface area contributed by atoms with Crippen molar-refractivity contribution in [1.82, 2.24) is 9.55 Å². The zero-order valence-corrected chi connectivity index (χ0v) is 11.4. The Labute approximate surface area is 115 Å². The fraction of sp³-hybridized carbons (Fsp3) is 0.231. The number of aromatic nitrogens is 2. The molecular weight excluding hydrogens is 271 g/mol. The molecule has 2 aromatic rings. The molecule has 18 heavy (non-hydrogen) atoms. The van der Waals surface area contributed by atoms with Gasteiger partial charge in [-0.15, -0.1) is 0 Å². The van der Waals surface area contributed by atoms with Gasteiger partial charge in [0.05, 0.1) is 15.6 Å². The zero-order valence-electron chi connectivity index (χ0n) is 9.86. The molecule has 0 radical (unpaired) electrons. The lowest BCUT2D eigenvalue weighted by atomic mass is 10.1. The maximum Gasteiger partial charge on any atom is 0.166 e. The second-order valence-electron chi connectivity index (χ2n) is 3.97. The molecule has 0 N–H and O–H groups in total. The van der Waals surface area contributed by atoms with Gasteiger partial charge in [0.15, 0.2) is 5.78 Å². The van der Waals surface area contributed by atoms with Crippen LogP contribution in [0.25, 0.3) is 0 Å². The number of imidazole rings is 1. The van der Waals surface area contributed by atoms with E-state index in [0.717, 1.165) is 5.82 Å². The van der Waals surface area contributed by atoms with E-state index >= 15 is 0 Å². The Morgan fingerprint density at radius 1 is 1.33 bits per heavy atom. The monoisotopic (exact) mass is 282 g/mol. The highest BCUT2D eigenvalue weighted by Gasteiger charge is 2.15. The number of hydrogen-bond acceptors (Lipinski definition) is 2. The third kappa shape index (κ3) is 2.74. The molecule has 0 saturated heterocycles. The van der Waals surface area contributed by atoms with Gasteiger partial charge in [0.2, 0.25) is 0 Å². The molecule has 0 aliphatic rings. The van der Waals surface area contributed by atoms with Crippen molar-refractivity contribution in [2.45, 2.75) is 12.8 Å². The highest BCUT2D eigenvalue weighted by molar-refractivity contribution is 6.39.